The minimum absolute atomic E-state index is 0.471. The van der Waals surface area contributed by atoms with Crippen molar-refractivity contribution in [2.75, 3.05) is 13.2 Å². The van der Waals surface area contributed by atoms with Gasteiger partial charge in [0.1, 0.15) is 5.75 Å². The Balaban J connectivity index is 1.66. The largest absolute Gasteiger partial charge is 0.493 e. The Morgan fingerprint density at radius 2 is 2.19 bits per heavy atom. The van der Waals surface area contributed by atoms with Crippen molar-refractivity contribution in [3.05, 3.63) is 51.2 Å². The fourth-order valence-electron chi connectivity index (χ4n) is 2.94. The number of aryl methyl sites for hydroxylation is 2. The van der Waals surface area contributed by atoms with E-state index >= 15 is 0 Å². The first kappa shape index (κ1) is 14.6. The van der Waals surface area contributed by atoms with E-state index in [1.165, 1.54) is 20.9 Å². The van der Waals surface area contributed by atoms with E-state index < -0.39 is 0 Å². The molecule has 1 N–H and O–H groups in total. The number of fused-ring (bicyclic) bond motifs is 1. The average Bonchev–Trinajstić information content (AvgIpc) is 3.11. The lowest BCUT2D eigenvalue weighted by Gasteiger charge is -2.16. The SMILES string of the molecule is CCNC(CCc1ccc2c(c1)CCO2)c1ccc(C)s1. The lowest BCUT2D eigenvalue weighted by molar-refractivity contribution is 0.357. The van der Waals surface area contributed by atoms with Crippen LogP contribution in [0.15, 0.2) is 30.3 Å². The summed E-state index contributed by atoms with van der Waals surface area (Å²) >= 11 is 1.91. The van der Waals surface area contributed by atoms with Crippen molar-refractivity contribution in [1.82, 2.24) is 5.32 Å². The smallest absolute Gasteiger partial charge is 0.122 e. The lowest BCUT2D eigenvalue weighted by Crippen LogP contribution is -2.20. The molecule has 0 saturated heterocycles. The van der Waals surface area contributed by atoms with Gasteiger partial charge in [-0.15, -0.1) is 11.3 Å². The zero-order valence-corrected chi connectivity index (χ0v) is 13.6. The van der Waals surface area contributed by atoms with Gasteiger partial charge in [0.2, 0.25) is 0 Å². The molecule has 0 amide bonds. The summed E-state index contributed by atoms with van der Waals surface area (Å²) in [6, 6.07) is 11.6. The highest BCUT2D eigenvalue weighted by atomic mass is 32.1. The van der Waals surface area contributed by atoms with E-state index in [0.29, 0.717) is 6.04 Å². The Morgan fingerprint density at radius 3 is 2.95 bits per heavy atom. The van der Waals surface area contributed by atoms with Crippen LogP contribution in [-0.4, -0.2) is 13.2 Å². The second-order valence-corrected chi connectivity index (χ2v) is 6.96. The van der Waals surface area contributed by atoms with Gasteiger partial charge in [0.25, 0.3) is 0 Å². The van der Waals surface area contributed by atoms with Crippen LogP contribution in [0, 0.1) is 6.92 Å². The molecule has 0 radical (unpaired) electrons. The number of nitrogens with one attached hydrogen (secondary N) is 1. The summed E-state index contributed by atoms with van der Waals surface area (Å²) in [5.41, 5.74) is 2.80. The van der Waals surface area contributed by atoms with Crippen LogP contribution in [0.2, 0.25) is 0 Å². The highest BCUT2D eigenvalue weighted by Crippen LogP contribution is 2.29. The molecule has 3 heteroatoms. The van der Waals surface area contributed by atoms with Crippen molar-refractivity contribution in [3.63, 3.8) is 0 Å². The molecule has 2 heterocycles. The Labute approximate surface area is 131 Å². The molecule has 2 nitrogen and oxygen atoms in total. The van der Waals surface area contributed by atoms with Gasteiger partial charge in [0, 0.05) is 22.2 Å². The summed E-state index contributed by atoms with van der Waals surface area (Å²) in [5, 5.41) is 3.62. The minimum Gasteiger partial charge on any atom is -0.493 e. The Morgan fingerprint density at radius 1 is 1.29 bits per heavy atom. The van der Waals surface area contributed by atoms with E-state index in [1.54, 1.807) is 0 Å². The summed E-state index contributed by atoms with van der Waals surface area (Å²) in [7, 11) is 0. The van der Waals surface area contributed by atoms with Gasteiger partial charge in [0.15, 0.2) is 0 Å². The second kappa shape index (κ2) is 6.63. The molecule has 112 valence electrons. The molecule has 1 aromatic carbocycles. The molecule has 0 bridgehead atoms. The molecule has 1 atom stereocenters. The molecule has 1 unspecified atom stereocenters. The number of ether oxygens (including phenoxy) is 1. The van der Waals surface area contributed by atoms with E-state index in [9.17, 15) is 0 Å². The molecule has 1 aromatic heterocycles. The monoisotopic (exact) mass is 301 g/mol. The molecular formula is C18H23NOS. The van der Waals surface area contributed by atoms with Crippen molar-refractivity contribution in [2.24, 2.45) is 0 Å². The third kappa shape index (κ3) is 3.47. The zero-order valence-electron chi connectivity index (χ0n) is 12.8. The number of hydrogen-bond acceptors (Lipinski definition) is 3. The standard InChI is InChI=1S/C18H23NOS/c1-3-19-16(18-9-4-13(2)21-18)7-5-14-6-8-17-15(12-14)10-11-20-17/h4,6,8-9,12,16,19H,3,5,7,10-11H2,1-2H3. The molecule has 0 aliphatic carbocycles. The molecule has 0 fully saturated rings. The topological polar surface area (TPSA) is 21.3 Å². The fraction of sp³-hybridized carbons (Fsp3) is 0.444. The summed E-state index contributed by atoms with van der Waals surface area (Å²) < 4.78 is 5.58. The van der Waals surface area contributed by atoms with Crippen LogP contribution in [0.25, 0.3) is 0 Å². The van der Waals surface area contributed by atoms with Crippen LogP contribution in [-0.2, 0) is 12.8 Å². The summed E-state index contributed by atoms with van der Waals surface area (Å²) in [6.45, 7) is 6.21. The normalized spacial score (nSPS) is 14.8. The summed E-state index contributed by atoms with van der Waals surface area (Å²) in [6.07, 6.45) is 3.32. The van der Waals surface area contributed by atoms with Gasteiger partial charge >= 0.3 is 0 Å². The van der Waals surface area contributed by atoms with Crippen molar-refractivity contribution < 1.29 is 4.74 Å². The highest BCUT2D eigenvalue weighted by Gasteiger charge is 2.15. The first-order chi connectivity index (χ1) is 10.3. The molecule has 1 aliphatic rings. The van der Waals surface area contributed by atoms with Crippen molar-refractivity contribution in [2.45, 2.75) is 39.2 Å². The first-order valence-corrected chi connectivity index (χ1v) is 8.62. The quantitative estimate of drug-likeness (QED) is 0.860. The number of rotatable bonds is 6. The maximum atomic E-state index is 5.58. The third-order valence-electron chi connectivity index (χ3n) is 4.03. The van der Waals surface area contributed by atoms with E-state index in [4.69, 9.17) is 4.74 Å². The van der Waals surface area contributed by atoms with E-state index in [-0.39, 0.29) is 0 Å². The molecule has 2 aromatic rings. The average molecular weight is 301 g/mol. The predicted octanol–water partition coefficient (Wildman–Crippen LogP) is 4.27. The van der Waals surface area contributed by atoms with Gasteiger partial charge in [-0.1, -0.05) is 19.1 Å². The highest BCUT2D eigenvalue weighted by molar-refractivity contribution is 7.12. The van der Waals surface area contributed by atoms with E-state index in [0.717, 1.165) is 38.2 Å². The van der Waals surface area contributed by atoms with Gasteiger partial charge in [-0.05, 0) is 55.6 Å². The Bertz CT molecular complexity index is 605. The van der Waals surface area contributed by atoms with Crippen LogP contribution in [0.4, 0.5) is 0 Å². The number of thiophene rings is 1. The van der Waals surface area contributed by atoms with Crippen molar-refractivity contribution >= 4 is 11.3 Å². The van der Waals surface area contributed by atoms with Crippen LogP contribution < -0.4 is 10.1 Å². The minimum atomic E-state index is 0.471. The second-order valence-electron chi connectivity index (χ2n) is 5.64. The van der Waals surface area contributed by atoms with Crippen molar-refractivity contribution in [1.29, 1.82) is 0 Å². The molecular weight excluding hydrogens is 278 g/mol. The fourth-order valence-corrected chi connectivity index (χ4v) is 3.93. The van der Waals surface area contributed by atoms with Gasteiger partial charge < -0.3 is 10.1 Å². The van der Waals surface area contributed by atoms with Crippen LogP contribution in [0.1, 0.15) is 40.3 Å². The van der Waals surface area contributed by atoms with Gasteiger partial charge in [-0.2, -0.15) is 0 Å². The first-order valence-electron chi connectivity index (χ1n) is 7.80. The van der Waals surface area contributed by atoms with Gasteiger partial charge in [-0.3, -0.25) is 0 Å². The molecule has 0 saturated carbocycles. The Hall–Kier alpha value is -1.32. The zero-order chi connectivity index (χ0) is 14.7. The van der Waals surface area contributed by atoms with Crippen LogP contribution >= 0.6 is 11.3 Å². The summed E-state index contributed by atoms with van der Waals surface area (Å²) in [4.78, 5) is 2.85. The Kier molecular flexibility index (Phi) is 4.61. The lowest BCUT2D eigenvalue weighted by atomic mass is 10.0. The van der Waals surface area contributed by atoms with E-state index in [1.807, 2.05) is 11.3 Å². The van der Waals surface area contributed by atoms with Crippen LogP contribution in [0.3, 0.4) is 0 Å². The van der Waals surface area contributed by atoms with Gasteiger partial charge in [0.05, 0.1) is 6.61 Å². The molecule has 1 aliphatic heterocycles. The maximum Gasteiger partial charge on any atom is 0.122 e. The van der Waals surface area contributed by atoms with Crippen LogP contribution in [0.5, 0.6) is 5.75 Å². The maximum absolute atomic E-state index is 5.58. The predicted molar refractivity (Wildman–Crippen MR) is 89.4 cm³/mol. The number of benzene rings is 1. The van der Waals surface area contributed by atoms with Gasteiger partial charge in [-0.25, -0.2) is 0 Å². The van der Waals surface area contributed by atoms with Crippen molar-refractivity contribution in [3.8, 4) is 5.75 Å². The molecule has 21 heavy (non-hydrogen) atoms. The number of hydrogen-bond donors (Lipinski definition) is 1. The molecule has 0 spiro atoms. The summed E-state index contributed by atoms with van der Waals surface area (Å²) in [5.74, 6) is 1.08. The molecule has 3 rings (SSSR count). The third-order valence-corrected chi connectivity index (χ3v) is 5.15. The van der Waals surface area contributed by atoms with E-state index in [2.05, 4.69) is 49.5 Å².